The number of furan rings is 1. The van der Waals surface area contributed by atoms with E-state index in [0.29, 0.717) is 10.8 Å². The summed E-state index contributed by atoms with van der Waals surface area (Å²) < 4.78 is 5.45. The molecule has 1 aliphatic rings. The maximum absolute atomic E-state index is 12.1. The van der Waals surface area contributed by atoms with Crippen molar-refractivity contribution in [3.05, 3.63) is 64.1 Å². The van der Waals surface area contributed by atoms with E-state index in [0.717, 1.165) is 16.8 Å². The first kappa shape index (κ1) is 15.3. The molecule has 1 aromatic heterocycles. The Morgan fingerprint density at radius 2 is 2.09 bits per heavy atom. The van der Waals surface area contributed by atoms with E-state index < -0.39 is 12.1 Å². The van der Waals surface area contributed by atoms with Crippen molar-refractivity contribution in [1.29, 1.82) is 5.26 Å². The molecule has 0 aliphatic carbocycles. The SMILES string of the molecule is Cc1ccc(N2C(S)=C(C#N)C(=O)NC2c2ccco2)cc1C. The van der Waals surface area contributed by atoms with E-state index in [9.17, 15) is 10.1 Å². The number of hydrogen-bond acceptors (Lipinski definition) is 5. The van der Waals surface area contributed by atoms with Crippen molar-refractivity contribution in [3.63, 3.8) is 0 Å². The van der Waals surface area contributed by atoms with Crippen molar-refractivity contribution >= 4 is 24.2 Å². The van der Waals surface area contributed by atoms with Crippen LogP contribution in [0.5, 0.6) is 0 Å². The summed E-state index contributed by atoms with van der Waals surface area (Å²) >= 11 is 4.43. The molecule has 2 aromatic rings. The fourth-order valence-electron chi connectivity index (χ4n) is 2.50. The Bertz CT molecular complexity index is 834. The third-order valence-corrected chi connectivity index (χ3v) is 4.34. The van der Waals surface area contributed by atoms with Gasteiger partial charge in [-0.15, -0.1) is 12.6 Å². The summed E-state index contributed by atoms with van der Waals surface area (Å²) in [6.45, 7) is 4.04. The predicted octanol–water partition coefficient (Wildman–Crippen LogP) is 3.20. The molecule has 1 unspecified atom stereocenters. The molecule has 0 spiro atoms. The highest BCUT2D eigenvalue weighted by atomic mass is 32.1. The van der Waals surface area contributed by atoms with Gasteiger partial charge in [-0.1, -0.05) is 6.07 Å². The van der Waals surface area contributed by atoms with Crippen molar-refractivity contribution in [2.75, 3.05) is 4.90 Å². The van der Waals surface area contributed by atoms with Gasteiger partial charge >= 0.3 is 0 Å². The van der Waals surface area contributed by atoms with Crippen molar-refractivity contribution in [2.24, 2.45) is 0 Å². The number of carbonyl (C=O) groups excluding carboxylic acids is 1. The minimum atomic E-state index is -0.552. The summed E-state index contributed by atoms with van der Waals surface area (Å²) in [5, 5.41) is 12.3. The van der Waals surface area contributed by atoms with Crippen LogP contribution in [0.3, 0.4) is 0 Å². The minimum absolute atomic E-state index is 0.0191. The maximum atomic E-state index is 12.1. The highest BCUT2D eigenvalue weighted by molar-refractivity contribution is 7.84. The molecule has 5 nitrogen and oxygen atoms in total. The number of nitrogens with zero attached hydrogens (tertiary/aromatic N) is 2. The number of nitriles is 1. The lowest BCUT2D eigenvalue weighted by atomic mass is 10.1. The molecule has 0 bridgehead atoms. The summed E-state index contributed by atoms with van der Waals surface area (Å²) in [4.78, 5) is 13.9. The molecule has 1 N–H and O–H groups in total. The molecule has 116 valence electrons. The topological polar surface area (TPSA) is 69.3 Å². The number of carbonyl (C=O) groups is 1. The average Bonchev–Trinajstić information content (AvgIpc) is 3.04. The van der Waals surface area contributed by atoms with Crippen LogP contribution in [-0.4, -0.2) is 5.91 Å². The van der Waals surface area contributed by atoms with Gasteiger partial charge in [0.25, 0.3) is 5.91 Å². The van der Waals surface area contributed by atoms with Crippen LogP contribution in [0.1, 0.15) is 23.1 Å². The highest BCUT2D eigenvalue weighted by Crippen LogP contribution is 2.36. The first-order valence-electron chi connectivity index (χ1n) is 7.07. The van der Waals surface area contributed by atoms with E-state index in [-0.39, 0.29) is 5.57 Å². The number of nitrogens with one attached hydrogen (secondary N) is 1. The molecule has 1 aliphatic heterocycles. The number of benzene rings is 1. The third-order valence-electron chi connectivity index (χ3n) is 3.90. The normalized spacial score (nSPS) is 17.9. The van der Waals surface area contributed by atoms with Crippen LogP contribution in [0.25, 0.3) is 0 Å². The molecule has 0 fully saturated rings. The van der Waals surface area contributed by atoms with Gasteiger partial charge in [0.2, 0.25) is 0 Å². The van der Waals surface area contributed by atoms with Crippen LogP contribution in [-0.2, 0) is 4.79 Å². The lowest BCUT2D eigenvalue weighted by molar-refractivity contribution is -0.118. The largest absolute Gasteiger partial charge is 0.465 e. The number of aryl methyl sites for hydroxylation is 2. The molecule has 6 heteroatoms. The molecule has 0 saturated carbocycles. The molecule has 3 rings (SSSR count). The number of hydrogen-bond donors (Lipinski definition) is 2. The van der Waals surface area contributed by atoms with Gasteiger partial charge in [0.05, 0.1) is 11.3 Å². The van der Waals surface area contributed by atoms with Gasteiger partial charge in [-0.2, -0.15) is 5.26 Å². The summed E-state index contributed by atoms with van der Waals surface area (Å²) in [6, 6.07) is 11.4. The van der Waals surface area contributed by atoms with Gasteiger partial charge in [-0.25, -0.2) is 0 Å². The molecule has 1 aromatic carbocycles. The van der Waals surface area contributed by atoms with Crippen LogP contribution in [0.15, 0.2) is 51.6 Å². The molecule has 2 heterocycles. The van der Waals surface area contributed by atoms with E-state index in [1.807, 2.05) is 38.1 Å². The van der Waals surface area contributed by atoms with E-state index in [1.165, 1.54) is 0 Å². The van der Waals surface area contributed by atoms with Gasteiger partial charge in [-0.3, -0.25) is 4.79 Å². The van der Waals surface area contributed by atoms with Crippen LogP contribution < -0.4 is 10.2 Å². The van der Waals surface area contributed by atoms with Crippen LogP contribution >= 0.6 is 12.6 Å². The van der Waals surface area contributed by atoms with E-state index in [1.54, 1.807) is 23.3 Å². The van der Waals surface area contributed by atoms with Crippen LogP contribution in [0, 0.1) is 25.2 Å². The minimum Gasteiger partial charge on any atom is -0.465 e. The lowest BCUT2D eigenvalue weighted by Gasteiger charge is -2.36. The third kappa shape index (κ3) is 2.60. The number of anilines is 1. The van der Waals surface area contributed by atoms with E-state index in [2.05, 4.69) is 17.9 Å². The van der Waals surface area contributed by atoms with Crippen molar-refractivity contribution in [2.45, 2.75) is 20.0 Å². The Balaban J connectivity index is 2.17. The summed E-state index contributed by atoms with van der Waals surface area (Å²) in [5.74, 6) is 0.110. The fraction of sp³-hybridized carbons (Fsp3) is 0.176. The fourth-order valence-corrected chi connectivity index (χ4v) is 2.88. The molecular weight excluding hydrogens is 310 g/mol. The molecule has 1 atom stereocenters. The van der Waals surface area contributed by atoms with Crippen LogP contribution in [0.2, 0.25) is 0 Å². The zero-order valence-corrected chi connectivity index (χ0v) is 13.6. The van der Waals surface area contributed by atoms with Gasteiger partial charge in [-0.05, 0) is 49.2 Å². The Morgan fingerprint density at radius 1 is 1.30 bits per heavy atom. The van der Waals surface area contributed by atoms with E-state index >= 15 is 0 Å². The molecule has 0 saturated heterocycles. The second kappa shape index (κ2) is 5.86. The predicted molar refractivity (Wildman–Crippen MR) is 89.6 cm³/mol. The lowest BCUT2D eigenvalue weighted by Crippen LogP contribution is -2.45. The molecule has 1 amide bonds. The second-order valence-electron chi connectivity index (χ2n) is 5.34. The maximum Gasteiger partial charge on any atom is 0.266 e. The second-order valence-corrected chi connectivity index (χ2v) is 5.76. The number of rotatable bonds is 2. The number of amides is 1. The first-order valence-corrected chi connectivity index (χ1v) is 7.51. The Labute approximate surface area is 139 Å². The van der Waals surface area contributed by atoms with Crippen molar-refractivity contribution in [1.82, 2.24) is 5.32 Å². The Kier molecular flexibility index (Phi) is 3.89. The number of thiol groups is 1. The summed E-state index contributed by atoms with van der Waals surface area (Å²) in [7, 11) is 0. The molecular formula is C17H15N3O2S. The van der Waals surface area contributed by atoms with Crippen molar-refractivity contribution in [3.8, 4) is 6.07 Å². The summed E-state index contributed by atoms with van der Waals surface area (Å²) in [5.41, 5.74) is 3.08. The monoisotopic (exact) mass is 325 g/mol. The zero-order chi connectivity index (χ0) is 16.6. The summed E-state index contributed by atoms with van der Waals surface area (Å²) in [6.07, 6.45) is 0.992. The zero-order valence-electron chi connectivity index (χ0n) is 12.7. The smallest absolute Gasteiger partial charge is 0.266 e. The first-order chi connectivity index (χ1) is 11.0. The quantitative estimate of drug-likeness (QED) is 0.832. The van der Waals surface area contributed by atoms with Gasteiger partial charge in [0.1, 0.15) is 17.4 Å². The van der Waals surface area contributed by atoms with Crippen molar-refractivity contribution < 1.29 is 9.21 Å². The average molecular weight is 325 g/mol. The van der Waals surface area contributed by atoms with Gasteiger partial charge in [0, 0.05) is 5.69 Å². The van der Waals surface area contributed by atoms with Gasteiger partial charge in [0.15, 0.2) is 6.17 Å². The van der Waals surface area contributed by atoms with Crippen LogP contribution in [0.4, 0.5) is 5.69 Å². The standard InChI is InChI=1S/C17H15N3O2S/c1-10-5-6-12(8-11(10)2)20-15(14-4-3-7-22-14)19-16(21)13(9-18)17(20)23/h3-8,15,23H,1-2H3,(H,19,21). The Hall–Kier alpha value is -2.65. The van der Waals surface area contributed by atoms with Gasteiger partial charge < -0.3 is 14.6 Å². The van der Waals surface area contributed by atoms with E-state index in [4.69, 9.17) is 4.42 Å². The molecule has 23 heavy (non-hydrogen) atoms. The molecule has 0 radical (unpaired) electrons. The Morgan fingerprint density at radius 3 is 2.70 bits per heavy atom. The highest BCUT2D eigenvalue weighted by Gasteiger charge is 2.35.